The summed E-state index contributed by atoms with van der Waals surface area (Å²) in [7, 11) is 10.3. The van der Waals surface area contributed by atoms with Gasteiger partial charge in [0.2, 0.25) is 0 Å². The number of hydrogen-bond donors (Lipinski definition) is 2. The second-order valence-electron chi connectivity index (χ2n) is 32.1. The van der Waals surface area contributed by atoms with Crippen LogP contribution >= 0.6 is 31.9 Å². The van der Waals surface area contributed by atoms with Crippen LogP contribution in [0.2, 0.25) is 0 Å². The standard InChI is InChI=1S/C15H19BrN2O2.C15H16BrN2O2.C15H16N2O2.C15H17N2O2.C15H22N2.C12H10N2O2.C2H6O.CH3.Na.H2O.Pd/c2*1-15(2,11-6-8-17(3)9-7-11)13-5-4-12(18(19)20)10-14(13)16;1-15(2)13-5-4-10(17(18)19)8-11(13)12-9-16(3)7-6-14(12)15;1-15(2,13-8-10-16(3)11-9-13)12-4-6-14(7-5-12)17(18)19;1-15(2)13-5-4-10(16)8-11(13)12-9-17(3)7-6-14(12)15;15-14(16)12-3-1-10(2-4-12)9-11-5-7-13-8-6-11;1-2-3;;;;/h4-6,10H,7-9H2,1-3H3;4-10H,1-3H3;4-8H,9H2,1-3H3;4-11H,1-3H3;4-5,8,12,14H,6-7,9,16H2,1-3H3;1-8H,9H2;3H,2H2,1H3;1H3;;1H2;/q;+1;;+1;;;;-1;+1;;/p-1. The molecule has 6 heterocycles. The number of aryl methyl sites for hydroxylation is 2. The third kappa shape index (κ3) is 25.1. The Labute approximate surface area is 746 Å². The van der Waals surface area contributed by atoms with Crippen molar-refractivity contribution < 1.29 is 94.3 Å². The van der Waals surface area contributed by atoms with Crippen molar-refractivity contribution in [1.29, 1.82) is 0 Å². The SMILES string of the molecule is CCO.CN1C=CC2=C(C1)c1cc([N+](=O)[O-])ccc1C2(C)C.CN1CC=C(C(C)(C)c2ccc([N+](=O)[O-])cc2Br)CC1.CN1CCC2C(C1)c1cc(N)ccc1C2(C)C.C[n+]1ccc(C(C)(C)c2ccc([N+](=O)[O-])cc2)cc1.C[n+]1ccc(C(C)(C)c2ccc([N+](=O)[O-])cc2Br)cc1.O=[N+]([O-])c1ccc(Cc2ccncc2)cc1.[CH3-].[Na+].[OH-].[Pd]. The minimum atomic E-state index is -0.393. The molecule has 5 aliphatic rings. The van der Waals surface area contributed by atoms with Gasteiger partial charge in [0.25, 0.3) is 28.4 Å². The van der Waals surface area contributed by atoms with Crippen molar-refractivity contribution in [2.24, 2.45) is 20.0 Å². The van der Waals surface area contributed by atoms with Crippen LogP contribution in [0.5, 0.6) is 0 Å². The summed E-state index contributed by atoms with van der Waals surface area (Å²) in [6.07, 6.45) is 21.1. The normalized spacial score (nSPS) is 15.7. The first-order chi connectivity index (χ1) is 53.6. The summed E-state index contributed by atoms with van der Waals surface area (Å²) in [4.78, 5) is 62.6. The fraction of sp³-hybridized carbons (Fsp3) is 0.356. The van der Waals surface area contributed by atoms with Gasteiger partial charge in [0.1, 0.15) is 14.1 Å². The van der Waals surface area contributed by atoms with E-state index in [-0.39, 0.29) is 139 Å². The van der Waals surface area contributed by atoms with E-state index >= 15 is 0 Å². The first-order valence-electron chi connectivity index (χ1n) is 37.8. The summed E-state index contributed by atoms with van der Waals surface area (Å²) in [5.41, 5.74) is 24.1. The number of anilines is 1. The van der Waals surface area contributed by atoms with Crippen molar-refractivity contribution >= 4 is 71.6 Å². The maximum atomic E-state index is 11.0. The molecule has 3 aliphatic heterocycles. The van der Waals surface area contributed by atoms with Crippen LogP contribution < -0.4 is 44.4 Å². The predicted octanol–water partition coefficient (Wildman–Crippen LogP) is 15.7. The number of likely N-dealkylation sites (N-methyl/N-ethyl adjacent to an activating group) is 3. The number of hydrogen-bond acceptors (Lipinski definition) is 17. The quantitative estimate of drug-likeness (QED) is 0.0206. The maximum Gasteiger partial charge on any atom is 1.00 e. The van der Waals surface area contributed by atoms with Crippen LogP contribution in [-0.4, -0.2) is 115 Å². The van der Waals surface area contributed by atoms with Crippen LogP contribution in [0.4, 0.5) is 34.1 Å². The van der Waals surface area contributed by atoms with Crippen LogP contribution in [0.15, 0.2) is 233 Å². The summed E-state index contributed by atoms with van der Waals surface area (Å²) < 4.78 is 5.52. The number of piperidine rings is 1. The molecule has 0 bridgehead atoms. The molecular formula is C90H110Br2N12NaO12Pd+. The molecule has 3 aromatic heterocycles. The molecule has 0 radical (unpaired) electrons. The van der Waals surface area contributed by atoms with E-state index in [1.54, 1.807) is 80.0 Å². The molecule has 9 aromatic rings. The number of benzene rings is 6. The largest absolute Gasteiger partial charge is 1.00 e. The fourth-order valence-corrected chi connectivity index (χ4v) is 17.2. The van der Waals surface area contributed by atoms with E-state index in [1.807, 2.05) is 97.5 Å². The molecule has 4 N–H and O–H groups in total. The first kappa shape index (κ1) is 101. The van der Waals surface area contributed by atoms with Crippen molar-refractivity contribution in [1.82, 2.24) is 19.7 Å². The Balaban J connectivity index is 0.000000294. The monoisotopic (exact) mass is 1840 g/mol. The first-order valence-corrected chi connectivity index (χ1v) is 39.4. The molecule has 0 saturated carbocycles. The number of allylic oxidation sites excluding steroid dienone is 2. The number of nitrogens with zero attached hydrogens (tertiary/aromatic N) is 11. The molecule has 0 spiro atoms. The molecule has 118 heavy (non-hydrogen) atoms. The van der Waals surface area contributed by atoms with Crippen LogP contribution in [0, 0.1) is 63.9 Å². The number of aliphatic hydroxyl groups excluding tert-OH is 1. The molecule has 1 fully saturated rings. The zero-order chi connectivity index (χ0) is 83.9. The van der Waals surface area contributed by atoms with Gasteiger partial charge in [-0.15, -0.1) is 0 Å². The number of rotatable bonds is 13. The number of non-ortho nitro benzene ring substituents is 5. The predicted molar refractivity (Wildman–Crippen MR) is 466 cm³/mol. The summed E-state index contributed by atoms with van der Waals surface area (Å²) in [6.45, 7) is 29.1. The van der Waals surface area contributed by atoms with E-state index in [1.165, 1.54) is 70.6 Å². The number of pyridine rings is 3. The number of nitrogen functional groups attached to an aromatic ring is 1. The fourth-order valence-electron chi connectivity index (χ4n) is 15.4. The Kier molecular flexibility index (Phi) is 37.7. The molecule has 626 valence electrons. The second kappa shape index (κ2) is 43.8. The number of nitro benzene ring substituents is 5. The van der Waals surface area contributed by atoms with E-state index in [9.17, 15) is 50.6 Å². The topological polar surface area (TPSA) is 322 Å². The number of nitro groups is 5. The van der Waals surface area contributed by atoms with Gasteiger partial charge in [0, 0.05) is 200 Å². The Morgan fingerprint density at radius 3 is 1.48 bits per heavy atom. The summed E-state index contributed by atoms with van der Waals surface area (Å²) in [5, 5.41) is 61.3. The molecule has 1 saturated heterocycles. The van der Waals surface area contributed by atoms with Crippen LogP contribution in [0.1, 0.15) is 156 Å². The molecule has 0 amide bonds. The minimum Gasteiger partial charge on any atom is -0.870 e. The number of likely N-dealkylation sites (tertiary alicyclic amines) is 1. The molecule has 2 aliphatic carbocycles. The van der Waals surface area contributed by atoms with Crippen LogP contribution in [-0.2, 0) is 68.0 Å². The zero-order valence-electron chi connectivity index (χ0n) is 70.8. The number of nitrogens with two attached hydrogens (primary N) is 1. The minimum absolute atomic E-state index is 0. The maximum absolute atomic E-state index is 11.0. The molecule has 28 heteroatoms. The van der Waals surface area contributed by atoms with Crippen molar-refractivity contribution in [2.45, 2.75) is 128 Å². The van der Waals surface area contributed by atoms with Crippen molar-refractivity contribution in [2.75, 3.05) is 66.2 Å². The summed E-state index contributed by atoms with van der Waals surface area (Å²) >= 11 is 6.94. The molecule has 14 rings (SSSR count). The van der Waals surface area contributed by atoms with Crippen molar-refractivity contribution in [3.05, 3.63) is 353 Å². The van der Waals surface area contributed by atoms with E-state index < -0.39 is 4.92 Å². The van der Waals surface area contributed by atoms with E-state index in [2.05, 4.69) is 196 Å². The summed E-state index contributed by atoms with van der Waals surface area (Å²) in [6, 6.07) is 47.2. The van der Waals surface area contributed by atoms with Crippen LogP contribution in [0.25, 0.3) is 5.57 Å². The van der Waals surface area contributed by atoms with Gasteiger partial charge in [0.05, 0.1) is 24.6 Å². The Bertz CT molecular complexity index is 5030. The van der Waals surface area contributed by atoms with E-state index in [0.29, 0.717) is 11.3 Å². The third-order valence-corrected chi connectivity index (χ3v) is 23.7. The van der Waals surface area contributed by atoms with Gasteiger partial charge >= 0.3 is 29.6 Å². The molecule has 2 unspecified atom stereocenters. The Morgan fingerprint density at radius 1 is 0.576 bits per heavy atom. The Morgan fingerprint density at radius 2 is 1.01 bits per heavy atom. The van der Waals surface area contributed by atoms with Gasteiger partial charge in [-0.2, -0.15) is 0 Å². The smallest absolute Gasteiger partial charge is 0.870 e. The average molecular weight is 1840 g/mol. The van der Waals surface area contributed by atoms with Gasteiger partial charge in [-0.25, -0.2) is 9.13 Å². The van der Waals surface area contributed by atoms with Gasteiger partial charge < -0.3 is 38.4 Å². The number of aliphatic hydroxyl groups is 1. The van der Waals surface area contributed by atoms with Crippen molar-refractivity contribution in [3.8, 4) is 0 Å². The third-order valence-electron chi connectivity index (χ3n) is 22.4. The van der Waals surface area contributed by atoms with Gasteiger partial charge in [-0.1, -0.05) is 161 Å². The Hall–Kier alpha value is -8.95. The zero-order valence-corrected chi connectivity index (χ0v) is 77.5. The molecule has 24 nitrogen and oxygen atoms in total. The van der Waals surface area contributed by atoms with Crippen LogP contribution in [0.3, 0.4) is 0 Å². The molecular weight excluding hydrogens is 1730 g/mol. The molecule has 6 aromatic carbocycles. The van der Waals surface area contributed by atoms with Gasteiger partial charge in [0.15, 0.2) is 24.8 Å². The number of aromatic nitrogens is 3. The number of fused-ring (bicyclic) bond motifs is 5. The van der Waals surface area contributed by atoms with Gasteiger partial charge in [-0.3, -0.25) is 55.6 Å². The summed E-state index contributed by atoms with van der Waals surface area (Å²) in [5.74, 6) is 1.47. The van der Waals surface area contributed by atoms with Crippen molar-refractivity contribution in [3.63, 3.8) is 0 Å². The van der Waals surface area contributed by atoms with Gasteiger partial charge in [-0.05, 0) is 167 Å². The van der Waals surface area contributed by atoms with E-state index in [4.69, 9.17) is 10.8 Å². The van der Waals surface area contributed by atoms with E-state index in [0.717, 1.165) is 92.0 Å². The molecule has 2 atom stereocenters. The number of halogens is 2. The second-order valence-corrected chi connectivity index (χ2v) is 33.8. The average Bonchev–Trinajstić information content (AvgIpc) is 1.58.